The van der Waals surface area contributed by atoms with E-state index in [9.17, 15) is 8.42 Å². The molecule has 1 aliphatic carbocycles. The zero-order valence-electron chi connectivity index (χ0n) is 12.1. The molecule has 0 heterocycles. The van der Waals surface area contributed by atoms with E-state index in [0.717, 1.165) is 43.0 Å². The maximum Gasteiger partial charge on any atom is 0.200 e. The van der Waals surface area contributed by atoms with Gasteiger partial charge in [0, 0.05) is 10.3 Å². The van der Waals surface area contributed by atoms with Gasteiger partial charge in [0.2, 0.25) is 9.84 Å². The summed E-state index contributed by atoms with van der Waals surface area (Å²) in [6.07, 6.45) is 5.37. The number of nitriles is 1. The molecule has 112 valence electrons. The number of hydrogen-bond donors (Lipinski definition) is 0. The Hall–Kier alpha value is -1.25. The van der Waals surface area contributed by atoms with Crippen molar-refractivity contribution in [2.45, 2.75) is 43.9 Å². The van der Waals surface area contributed by atoms with E-state index in [1.54, 1.807) is 24.3 Å². The van der Waals surface area contributed by atoms with Crippen molar-refractivity contribution in [2.24, 2.45) is 5.92 Å². The number of benzene rings is 1. The molecule has 0 radical (unpaired) electrons. The van der Waals surface area contributed by atoms with Gasteiger partial charge in [-0.1, -0.05) is 37.0 Å². The molecule has 2 rings (SSSR count). The fourth-order valence-electron chi connectivity index (χ4n) is 2.59. The van der Waals surface area contributed by atoms with Crippen LogP contribution >= 0.6 is 11.8 Å². The summed E-state index contributed by atoms with van der Waals surface area (Å²) < 4.78 is 24.9. The van der Waals surface area contributed by atoms with Crippen molar-refractivity contribution in [1.29, 1.82) is 5.26 Å². The Labute approximate surface area is 131 Å². The average Bonchev–Trinajstić information content (AvgIpc) is 2.48. The van der Waals surface area contributed by atoms with Gasteiger partial charge in [-0.3, -0.25) is 0 Å². The van der Waals surface area contributed by atoms with Crippen LogP contribution in [0.2, 0.25) is 0 Å². The Bertz CT molecular complexity index is 649. The highest BCUT2D eigenvalue weighted by Crippen LogP contribution is 2.36. The van der Waals surface area contributed by atoms with Gasteiger partial charge in [0.05, 0.1) is 4.90 Å². The molecule has 0 amide bonds. The molecular weight excluding hydrogens is 302 g/mol. The van der Waals surface area contributed by atoms with Gasteiger partial charge in [0.1, 0.15) is 5.40 Å². The highest BCUT2D eigenvalue weighted by molar-refractivity contribution is 8.08. The molecule has 0 N–H and O–H groups in total. The van der Waals surface area contributed by atoms with Gasteiger partial charge >= 0.3 is 0 Å². The molecule has 0 atom stereocenters. The van der Waals surface area contributed by atoms with Crippen LogP contribution in [0, 0.1) is 23.5 Å². The molecule has 0 aliphatic heterocycles. The van der Waals surface area contributed by atoms with Gasteiger partial charge < -0.3 is 0 Å². The standard InChI is InChI=1S/C16H19NO2S2/c1-13-7-9-15(10-8-13)21(18,19)11-16(20-12-17)14-5-3-2-4-6-14/h7-11,14H,2-6H2,1H3. The lowest BCUT2D eigenvalue weighted by molar-refractivity contribution is 0.415. The van der Waals surface area contributed by atoms with Crippen molar-refractivity contribution < 1.29 is 8.42 Å². The molecule has 1 saturated carbocycles. The lowest BCUT2D eigenvalue weighted by Gasteiger charge is -2.22. The van der Waals surface area contributed by atoms with Gasteiger partial charge in [0.15, 0.2) is 0 Å². The first kappa shape index (κ1) is 16.1. The molecule has 0 aromatic heterocycles. The molecule has 0 saturated heterocycles. The first-order valence-corrected chi connectivity index (χ1v) is 9.48. The molecule has 3 nitrogen and oxygen atoms in total. The summed E-state index contributed by atoms with van der Waals surface area (Å²) >= 11 is 0.995. The predicted octanol–water partition coefficient (Wildman–Crippen LogP) is 4.40. The highest BCUT2D eigenvalue weighted by Gasteiger charge is 2.22. The minimum absolute atomic E-state index is 0.212. The van der Waals surface area contributed by atoms with E-state index < -0.39 is 9.84 Å². The maximum atomic E-state index is 12.5. The topological polar surface area (TPSA) is 57.9 Å². The normalized spacial score (nSPS) is 17.4. The zero-order chi connectivity index (χ0) is 15.3. The van der Waals surface area contributed by atoms with E-state index in [0.29, 0.717) is 9.80 Å². The zero-order valence-corrected chi connectivity index (χ0v) is 13.7. The van der Waals surface area contributed by atoms with E-state index in [1.807, 2.05) is 12.3 Å². The van der Waals surface area contributed by atoms with Crippen LogP contribution in [0.3, 0.4) is 0 Å². The van der Waals surface area contributed by atoms with Crippen LogP contribution in [0.25, 0.3) is 0 Å². The van der Waals surface area contributed by atoms with E-state index in [1.165, 1.54) is 11.8 Å². The summed E-state index contributed by atoms with van der Waals surface area (Å²) in [5.41, 5.74) is 1.02. The van der Waals surface area contributed by atoms with E-state index in [-0.39, 0.29) is 5.92 Å². The molecule has 1 fully saturated rings. The molecule has 0 bridgehead atoms. The van der Waals surface area contributed by atoms with Gasteiger partial charge in [0.25, 0.3) is 0 Å². The predicted molar refractivity (Wildman–Crippen MR) is 86.2 cm³/mol. The second-order valence-corrected chi connectivity index (χ2v) is 8.06. The molecule has 5 heteroatoms. The lowest BCUT2D eigenvalue weighted by atomic mass is 9.89. The number of aryl methyl sites for hydroxylation is 1. The number of thiocyanates is 1. The van der Waals surface area contributed by atoms with Crippen molar-refractivity contribution in [3.8, 4) is 5.40 Å². The van der Waals surface area contributed by atoms with Crippen molar-refractivity contribution >= 4 is 21.6 Å². The summed E-state index contributed by atoms with van der Waals surface area (Å²) in [5.74, 6) is 0.212. The monoisotopic (exact) mass is 321 g/mol. The van der Waals surface area contributed by atoms with E-state index in [4.69, 9.17) is 5.26 Å². The largest absolute Gasteiger partial charge is 0.219 e. The third-order valence-electron chi connectivity index (χ3n) is 3.79. The number of thioether (sulfide) groups is 1. The first-order valence-electron chi connectivity index (χ1n) is 7.12. The average molecular weight is 321 g/mol. The Morgan fingerprint density at radius 2 is 1.86 bits per heavy atom. The quantitative estimate of drug-likeness (QED) is 0.771. The Kier molecular flexibility index (Phi) is 5.49. The maximum absolute atomic E-state index is 12.5. The fraction of sp³-hybridized carbons (Fsp3) is 0.438. The van der Waals surface area contributed by atoms with Crippen LogP contribution in [0.15, 0.2) is 39.5 Å². The summed E-state index contributed by atoms with van der Waals surface area (Å²) in [6.45, 7) is 1.92. The van der Waals surface area contributed by atoms with Crippen molar-refractivity contribution in [3.63, 3.8) is 0 Å². The number of nitrogens with zero attached hydrogens (tertiary/aromatic N) is 1. The third-order valence-corrected chi connectivity index (χ3v) is 6.21. The lowest BCUT2D eigenvalue weighted by Crippen LogP contribution is -2.09. The highest BCUT2D eigenvalue weighted by atomic mass is 32.2. The number of allylic oxidation sites excluding steroid dienone is 1. The van der Waals surface area contributed by atoms with Gasteiger partial charge in [-0.25, -0.2) is 8.42 Å². The fourth-order valence-corrected chi connectivity index (χ4v) is 4.82. The molecule has 1 aromatic carbocycles. The summed E-state index contributed by atoms with van der Waals surface area (Å²) in [4.78, 5) is 0.984. The van der Waals surface area contributed by atoms with Crippen molar-refractivity contribution in [2.75, 3.05) is 0 Å². The Morgan fingerprint density at radius 3 is 2.43 bits per heavy atom. The Balaban J connectivity index is 2.31. The van der Waals surface area contributed by atoms with E-state index >= 15 is 0 Å². The molecule has 0 spiro atoms. The van der Waals surface area contributed by atoms with E-state index in [2.05, 4.69) is 0 Å². The van der Waals surface area contributed by atoms with Crippen LogP contribution < -0.4 is 0 Å². The smallest absolute Gasteiger partial charge is 0.200 e. The summed E-state index contributed by atoms with van der Waals surface area (Å²) in [7, 11) is -3.48. The molecule has 21 heavy (non-hydrogen) atoms. The van der Waals surface area contributed by atoms with Crippen LogP contribution in [0.1, 0.15) is 37.7 Å². The van der Waals surface area contributed by atoms with Crippen LogP contribution in [0.4, 0.5) is 0 Å². The molecule has 1 aromatic rings. The summed E-state index contributed by atoms with van der Waals surface area (Å²) in [6, 6.07) is 6.82. The van der Waals surface area contributed by atoms with Crippen LogP contribution in [-0.2, 0) is 9.84 Å². The Morgan fingerprint density at radius 1 is 1.24 bits per heavy atom. The molecular formula is C16H19NO2S2. The minimum Gasteiger partial charge on any atom is -0.219 e. The first-order chi connectivity index (χ1) is 10.0. The van der Waals surface area contributed by atoms with Crippen molar-refractivity contribution in [1.82, 2.24) is 0 Å². The van der Waals surface area contributed by atoms with Gasteiger partial charge in [-0.2, -0.15) is 5.26 Å². The van der Waals surface area contributed by atoms with Gasteiger partial charge in [-0.05, 0) is 49.6 Å². The van der Waals surface area contributed by atoms with Crippen LogP contribution in [-0.4, -0.2) is 8.42 Å². The summed E-state index contributed by atoms with van der Waals surface area (Å²) in [5, 5.41) is 12.3. The second kappa shape index (κ2) is 7.15. The molecule has 1 aliphatic rings. The SMILES string of the molecule is Cc1ccc(S(=O)(=O)C=C(SC#N)C2CCCCC2)cc1. The molecule has 0 unspecified atom stereocenters. The second-order valence-electron chi connectivity index (χ2n) is 5.41. The number of sulfone groups is 1. The van der Waals surface area contributed by atoms with Crippen LogP contribution in [0.5, 0.6) is 0 Å². The third kappa shape index (κ3) is 4.36. The minimum atomic E-state index is -3.48. The number of hydrogen-bond acceptors (Lipinski definition) is 4. The van der Waals surface area contributed by atoms with Gasteiger partial charge in [-0.15, -0.1) is 0 Å². The van der Waals surface area contributed by atoms with Crippen molar-refractivity contribution in [3.05, 3.63) is 40.1 Å². The number of rotatable bonds is 4.